The molecule has 0 aromatic carbocycles. The van der Waals surface area contributed by atoms with Crippen LogP contribution in [0.3, 0.4) is 0 Å². The van der Waals surface area contributed by atoms with Crippen LogP contribution in [0.4, 0.5) is 0 Å². The predicted molar refractivity (Wildman–Crippen MR) is 50.2 cm³/mol. The van der Waals surface area contributed by atoms with Crippen molar-refractivity contribution in [3.8, 4) is 0 Å². The van der Waals surface area contributed by atoms with Gasteiger partial charge < -0.3 is 5.11 Å². The molecule has 0 saturated carbocycles. The number of aliphatic hydroxyl groups excluding tert-OH is 1. The molecule has 1 N–H and O–H groups in total. The van der Waals surface area contributed by atoms with Crippen molar-refractivity contribution >= 4 is 0 Å². The standard InChI is InChI=1S/C10H18N2O/c1-7-3-11-5-9(6-13)12-4-8(2)10(7,11)12/h7-9,13H,3-6H2,1-2H3. The molecule has 74 valence electrons. The molecule has 1 spiro atoms. The van der Waals surface area contributed by atoms with Crippen LogP contribution in [0, 0.1) is 11.8 Å². The van der Waals surface area contributed by atoms with Crippen molar-refractivity contribution in [2.24, 2.45) is 11.8 Å². The molecule has 0 aromatic rings. The molecule has 3 fully saturated rings. The lowest BCUT2D eigenvalue weighted by Crippen LogP contribution is -2.80. The van der Waals surface area contributed by atoms with E-state index in [0.29, 0.717) is 18.3 Å². The van der Waals surface area contributed by atoms with Gasteiger partial charge in [0.2, 0.25) is 0 Å². The van der Waals surface area contributed by atoms with E-state index in [1.165, 1.54) is 13.1 Å². The van der Waals surface area contributed by atoms with Gasteiger partial charge in [-0.1, -0.05) is 13.8 Å². The van der Waals surface area contributed by atoms with E-state index in [9.17, 15) is 5.11 Å². The predicted octanol–water partition coefficient (Wildman–Crippen LogP) is -0.0394. The quantitative estimate of drug-likeness (QED) is 0.616. The molecule has 3 aliphatic heterocycles. The minimum atomic E-state index is 0.331. The number of nitrogens with zero attached hydrogens (tertiary/aromatic N) is 2. The zero-order chi connectivity index (χ0) is 9.22. The van der Waals surface area contributed by atoms with Crippen molar-refractivity contribution in [3.63, 3.8) is 0 Å². The van der Waals surface area contributed by atoms with Crippen molar-refractivity contribution in [1.82, 2.24) is 9.80 Å². The summed E-state index contributed by atoms with van der Waals surface area (Å²) in [5.41, 5.74) is 0.368. The Hall–Kier alpha value is -0.120. The van der Waals surface area contributed by atoms with Gasteiger partial charge in [0.15, 0.2) is 0 Å². The van der Waals surface area contributed by atoms with Crippen LogP contribution in [0.5, 0.6) is 0 Å². The molecule has 0 radical (unpaired) electrons. The molecule has 3 nitrogen and oxygen atoms in total. The van der Waals surface area contributed by atoms with E-state index in [4.69, 9.17) is 0 Å². The second-order valence-electron chi connectivity index (χ2n) is 4.98. The Morgan fingerprint density at radius 2 is 1.92 bits per heavy atom. The summed E-state index contributed by atoms with van der Waals surface area (Å²) in [7, 11) is 0. The summed E-state index contributed by atoms with van der Waals surface area (Å²) in [6.07, 6.45) is 0. The molecule has 0 aromatic heterocycles. The highest BCUT2D eigenvalue weighted by Crippen LogP contribution is 2.56. The van der Waals surface area contributed by atoms with Crippen molar-refractivity contribution in [2.45, 2.75) is 25.6 Å². The first-order valence-corrected chi connectivity index (χ1v) is 5.34. The molecule has 3 rings (SSSR count). The van der Waals surface area contributed by atoms with Gasteiger partial charge in [-0.15, -0.1) is 0 Å². The molecule has 4 atom stereocenters. The van der Waals surface area contributed by atoms with Gasteiger partial charge in [-0.05, 0) is 0 Å². The maximum absolute atomic E-state index is 9.25. The highest BCUT2D eigenvalue weighted by molar-refractivity contribution is 5.20. The van der Waals surface area contributed by atoms with E-state index in [1.54, 1.807) is 0 Å². The zero-order valence-electron chi connectivity index (χ0n) is 8.40. The Morgan fingerprint density at radius 3 is 2.38 bits per heavy atom. The Morgan fingerprint density at radius 1 is 1.23 bits per heavy atom. The Bertz CT molecular complexity index is 239. The van der Waals surface area contributed by atoms with Crippen LogP contribution in [0.15, 0.2) is 0 Å². The summed E-state index contributed by atoms with van der Waals surface area (Å²) in [4.78, 5) is 5.08. The molecule has 3 aliphatic rings. The monoisotopic (exact) mass is 182 g/mol. The minimum Gasteiger partial charge on any atom is -0.395 e. The van der Waals surface area contributed by atoms with Crippen molar-refractivity contribution < 1.29 is 5.11 Å². The van der Waals surface area contributed by atoms with Gasteiger partial charge in [-0.25, -0.2) is 0 Å². The summed E-state index contributed by atoms with van der Waals surface area (Å²) in [5, 5.41) is 9.25. The molecular formula is C10H18N2O. The third-order valence-electron chi connectivity index (χ3n) is 4.46. The third kappa shape index (κ3) is 0.661. The fourth-order valence-corrected chi connectivity index (χ4v) is 3.99. The Labute approximate surface area is 79.3 Å². The van der Waals surface area contributed by atoms with Crippen molar-refractivity contribution in [3.05, 3.63) is 0 Å². The summed E-state index contributed by atoms with van der Waals surface area (Å²) in [5.74, 6) is 1.60. The molecule has 0 aliphatic carbocycles. The zero-order valence-corrected chi connectivity index (χ0v) is 8.40. The van der Waals surface area contributed by atoms with E-state index in [2.05, 4.69) is 23.6 Å². The fourth-order valence-electron chi connectivity index (χ4n) is 3.99. The second kappa shape index (κ2) is 2.27. The molecule has 0 amide bonds. The van der Waals surface area contributed by atoms with E-state index < -0.39 is 0 Å². The largest absolute Gasteiger partial charge is 0.395 e. The molecular weight excluding hydrogens is 164 g/mol. The molecule has 3 heteroatoms. The highest BCUT2D eigenvalue weighted by Gasteiger charge is 2.69. The van der Waals surface area contributed by atoms with E-state index in [-0.39, 0.29) is 0 Å². The lowest BCUT2D eigenvalue weighted by atomic mass is 9.68. The van der Waals surface area contributed by atoms with Gasteiger partial charge in [0.05, 0.1) is 12.3 Å². The number of aliphatic hydroxyl groups is 1. The third-order valence-corrected chi connectivity index (χ3v) is 4.46. The van der Waals surface area contributed by atoms with Crippen LogP contribution >= 0.6 is 0 Å². The highest BCUT2D eigenvalue weighted by atomic mass is 16.3. The SMILES string of the molecule is CC1CN2CC(CO)N3CC(C)C123. The van der Waals surface area contributed by atoms with Gasteiger partial charge in [-0.2, -0.15) is 0 Å². The number of hydrogen-bond donors (Lipinski definition) is 1. The van der Waals surface area contributed by atoms with E-state index in [1.807, 2.05) is 0 Å². The van der Waals surface area contributed by atoms with Crippen molar-refractivity contribution in [2.75, 3.05) is 26.2 Å². The normalized spacial score (nSPS) is 55.2. The molecule has 3 heterocycles. The minimum absolute atomic E-state index is 0.331. The smallest absolute Gasteiger partial charge is 0.0819 e. The Kier molecular flexibility index (Phi) is 1.43. The number of rotatable bonds is 1. The molecule has 13 heavy (non-hydrogen) atoms. The van der Waals surface area contributed by atoms with E-state index in [0.717, 1.165) is 18.4 Å². The lowest BCUT2D eigenvalue weighted by molar-refractivity contribution is -0.231. The first kappa shape index (κ1) is 8.21. The second-order valence-corrected chi connectivity index (χ2v) is 4.98. The van der Waals surface area contributed by atoms with Crippen LogP contribution in [-0.2, 0) is 0 Å². The first-order chi connectivity index (χ1) is 6.21. The van der Waals surface area contributed by atoms with Crippen LogP contribution in [0.1, 0.15) is 13.8 Å². The van der Waals surface area contributed by atoms with Crippen molar-refractivity contribution in [1.29, 1.82) is 0 Å². The van der Waals surface area contributed by atoms with Crippen LogP contribution < -0.4 is 0 Å². The van der Waals surface area contributed by atoms with E-state index >= 15 is 0 Å². The summed E-state index contributed by atoms with van der Waals surface area (Å²) in [6, 6.07) is 0.418. The molecule has 3 saturated heterocycles. The van der Waals surface area contributed by atoms with Crippen LogP contribution in [-0.4, -0.2) is 52.9 Å². The van der Waals surface area contributed by atoms with Crippen LogP contribution in [0.2, 0.25) is 0 Å². The maximum atomic E-state index is 9.25. The van der Waals surface area contributed by atoms with Crippen LogP contribution in [0.25, 0.3) is 0 Å². The van der Waals surface area contributed by atoms with Gasteiger partial charge in [0.1, 0.15) is 0 Å². The first-order valence-electron chi connectivity index (χ1n) is 5.34. The lowest BCUT2D eigenvalue weighted by Gasteiger charge is -2.67. The maximum Gasteiger partial charge on any atom is 0.0819 e. The average molecular weight is 182 g/mol. The summed E-state index contributed by atoms with van der Waals surface area (Å²) < 4.78 is 0. The summed E-state index contributed by atoms with van der Waals surface area (Å²) in [6.45, 7) is 8.53. The molecule has 0 bridgehead atoms. The molecule has 4 unspecified atom stereocenters. The topological polar surface area (TPSA) is 26.7 Å². The fraction of sp³-hybridized carbons (Fsp3) is 1.00. The Balaban J connectivity index is 1.91. The van der Waals surface area contributed by atoms with Gasteiger partial charge >= 0.3 is 0 Å². The van der Waals surface area contributed by atoms with Gasteiger partial charge in [0, 0.05) is 37.5 Å². The number of hydrogen-bond acceptors (Lipinski definition) is 3. The van der Waals surface area contributed by atoms with Gasteiger partial charge in [0.25, 0.3) is 0 Å². The summed E-state index contributed by atoms with van der Waals surface area (Å²) >= 11 is 0. The average Bonchev–Trinajstić information content (AvgIpc) is 2.27. The van der Waals surface area contributed by atoms with Gasteiger partial charge in [-0.3, -0.25) is 9.80 Å².